The fourth-order valence-corrected chi connectivity index (χ4v) is 11.1. The number of halogens is 2. The van der Waals surface area contributed by atoms with Crippen molar-refractivity contribution in [1.82, 2.24) is 18.6 Å². The highest BCUT2D eigenvalue weighted by Gasteiger charge is 2.37. The number of nitrogens with zero attached hydrogens (tertiary/aromatic N) is 4. The van der Waals surface area contributed by atoms with Gasteiger partial charge in [0.05, 0.1) is 31.4 Å². The minimum Gasteiger partial charge on any atom is -0.463 e. The lowest BCUT2D eigenvalue weighted by Gasteiger charge is -2.35. The molecule has 2 aromatic carbocycles. The fraction of sp³-hybridized carbons (Fsp3) is 0.396. The SMILES string of the molecule is CCOC(=O)/C=C/C1=Cc2cccnc2C(C2CCN(SOOC)CC2)c2ccc(Cl)cc21.CS(=O)(=O)N1CCC(C2c3ccc(Cl)cc3C(CCCO)=Cc3cccnc32)CC1. The summed E-state index contributed by atoms with van der Waals surface area (Å²) in [7, 11) is -1.66. The largest absolute Gasteiger partial charge is 0.463 e. The quantitative estimate of drug-likeness (QED) is 0.0364. The van der Waals surface area contributed by atoms with Gasteiger partial charge in [0.2, 0.25) is 10.0 Å². The predicted molar refractivity (Wildman–Crippen MR) is 252 cm³/mol. The van der Waals surface area contributed by atoms with Crippen molar-refractivity contribution in [2.45, 2.75) is 57.3 Å². The first-order valence-corrected chi connectivity index (χ1v) is 24.7. The molecule has 0 saturated carbocycles. The second kappa shape index (κ2) is 21.9. The van der Waals surface area contributed by atoms with E-state index in [0.717, 1.165) is 90.0 Å². The molecule has 2 saturated heterocycles. The number of fused-ring (bicyclic) bond motifs is 4. The number of sulfonamides is 1. The molecule has 1 N–H and O–H groups in total. The van der Waals surface area contributed by atoms with Crippen molar-refractivity contribution in [3.63, 3.8) is 0 Å². The Bertz CT molecular complexity index is 2450. The van der Waals surface area contributed by atoms with Gasteiger partial charge in [-0.15, -0.1) is 4.33 Å². The van der Waals surface area contributed by atoms with Crippen LogP contribution in [0.25, 0.3) is 23.3 Å². The molecule has 2 aliphatic carbocycles. The van der Waals surface area contributed by atoms with E-state index in [1.807, 2.05) is 54.9 Å². The minimum atomic E-state index is -3.17. The maximum atomic E-state index is 12.0. The Morgan fingerprint density at radius 1 is 0.857 bits per heavy atom. The van der Waals surface area contributed by atoms with Crippen LogP contribution >= 0.6 is 35.4 Å². The number of hydrogen-bond donors (Lipinski definition) is 1. The van der Waals surface area contributed by atoms with Crippen LogP contribution in [0.2, 0.25) is 10.0 Å². The van der Waals surface area contributed by atoms with Gasteiger partial charge in [-0.2, -0.15) is 0 Å². The van der Waals surface area contributed by atoms with Crippen molar-refractivity contribution in [3.05, 3.63) is 140 Å². The van der Waals surface area contributed by atoms with Crippen LogP contribution in [0.4, 0.5) is 0 Å². The van der Waals surface area contributed by atoms with E-state index in [9.17, 15) is 18.3 Å². The molecular formula is C48H54Cl2N4O7S2. The molecule has 8 rings (SSSR count). The van der Waals surface area contributed by atoms with Crippen LogP contribution in [0.15, 0.2) is 85.2 Å². The second-order valence-corrected chi connectivity index (χ2v) is 19.8. The molecule has 4 aliphatic rings. The number of esters is 1. The maximum absolute atomic E-state index is 12.0. The van der Waals surface area contributed by atoms with Gasteiger partial charge in [0.25, 0.3) is 0 Å². The average molecular weight is 934 g/mol. The van der Waals surface area contributed by atoms with Crippen molar-refractivity contribution in [3.8, 4) is 0 Å². The lowest BCUT2D eigenvalue weighted by molar-refractivity contribution is -0.163. The zero-order chi connectivity index (χ0) is 44.5. The van der Waals surface area contributed by atoms with E-state index in [1.54, 1.807) is 11.2 Å². The summed E-state index contributed by atoms with van der Waals surface area (Å²) in [4.78, 5) is 26.4. The van der Waals surface area contributed by atoms with Gasteiger partial charge in [-0.25, -0.2) is 26.7 Å². The van der Waals surface area contributed by atoms with E-state index in [-0.39, 0.29) is 24.4 Å². The fourth-order valence-electron chi connectivity index (χ4n) is 9.37. The Kier molecular flexibility index (Phi) is 16.3. The van der Waals surface area contributed by atoms with Crippen LogP contribution in [0.1, 0.15) is 102 Å². The first-order valence-electron chi connectivity index (χ1n) is 21.4. The average Bonchev–Trinajstić information content (AvgIpc) is 3.51. The summed E-state index contributed by atoms with van der Waals surface area (Å²) in [5.74, 6) is 0.533. The van der Waals surface area contributed by atoms with Crippen LogP contribution in [-0.4, -0.2) is 90.8 Å². The van der Waals surface area contributed by atoms with Crippen LogP contribution in [0, 0.1) is 11.8 Å². The van der Waals surface area contributed by atoms with Crippen molar-refractivity contribution < 1.29 is 32.3 Å². The molecule has 2 atom stereocenters. The van der Waals surface area contributed by atoms with Crippen molar-refractivity contribution >= 4 is 74.7 Å². The number of rotatable bonds is 12. The first kappa shape index (κ1) is 47.1. The smallest absolute Gasteiger partial charge is 0.330 e. The summed E-state index contributed by atoms with van der Waals surface area (Å²) >= 11 is 14.1. The monoisotopic (exact) mass is 932 g/mol. The molecule has 4 heterocycles. The van der Waals surface area contributed by atoms with Crippen LogP contribution in [0.3, 0.4) is 0 Å². The zero-order valence-corrected chi connectivity index (χ0v) is 38.9. The lowest BCUT2D eigenvalue weighted by Crippen LogP contribution is -2.39. The van der Waals surface area contributed by atoms with Crippen LogP contribution in [0.5, 0.6) is 0 Å². The highest BCUT2D eigenvalue weighted by Crippen LogP contribution is 2.47. The zero-order valence-electron chi connectivity index (χ0n) is 35.8. The number of aliphatic hydroxyl groups excluding tert-OH is 1. The normalized spacial score (nSPS) is 19.6. The standard InChI is InChI=1S/C25H27ClN2O4S.C23H27ClN2O3S/c1-3-31-23(29)9-6-18-15-19-5-4-12-27-25(19)24(21-8-7-20(26)16-22(18)21)17-10-13-28(14-11-17)33-32-30-2;1-30(28,29)26-11-8-16(9-12-26)22-20-7-6-19(24)15-21(20)17(5-3-13-27)14-18-4-2-10-25-23(18)22/h4-9,12,15-17,24H,3,10-11,13-14H2,1-2H3;2,4,6-7,10,14-16,22,27H,3,5,8-9,11-13H2,1H3/b9-6+;. The molecule has 2 aliphatic heterocycles. The Morgan fingerprint density at radius 2 is 1.43 bits per heavy atom. The summed E-state index contributed by atoms with van der Waals surface area (Å²) in [6.07, 6.45) is 17.6. The second-order valence-electron chi connectivity index (χ2n) is 16.1. The summed E-state index contributed by atoms with van der Waals surface area (Å²) in [6, 6.07) is 20.1. The van der Waals surface area contributed by atoms with Crippen LogP contribution < -0.4 is 0 Å². The van der Waals surface area contributed by atoms with E-state index in [4.69, 9.17) is 47.1 Å². The molecule has 63 heavy (non-hydrogen) atoms. The summed E-state index contributed by atoms with van der Waals surface area (Å²) in [5, 5.41) is 10.7. The van der Waals surface area contributed by atoms with Gasteiger partial charge in [0, 0.05) is 73.1 Å². The number of benzene rings is 2. The summed E-state index contributed by atoms with van der Waals surface area (Å²) in [5.41, 5.74) is 10.8. The number of hydrogen-bond acceptors (Lipinski definition) is 11. The number of pyridine rings is 2. The van der Waals surface area contributed by atoms with Gasteiger partial charge in [0.1, 0.15) is 12.2 Å². The molecule has 0 amide bonds. The predicted octanol–water partition coefficient (Wildman–Crippen LogP) is 9.86. The molecule has 0 radical (unpaired) electrons. The van der Waals surface area contributed by atoms with E-state index in [1.165, 1.54) is 42.8 Å². The van der Waals surface area contributed by atoms with Gasteiger partial charge in [-0.1, -0.05) is 47.5 Å². The summed E-state index contributed by atoms with van der Waals surface area (Å²) < 4.78 is 37.8. The molecule has 0 spiro atoms. The molecule has 2 unspecified atom stereocenters. The Balaban J connectivity index is 0.000000190. The molecule has 334 valence electrons. The van der Waals surface area contributed by atoms with Crippen molar-refractivity contribution in [1.29, 1.82) is 0 Å². The summed E-state index contributed by atoms with van der Waals surface area (Å²) in [6.45, 7) is 5.13. The minimum absolute atomic E-state index is 0.0815. The maximum Gasteiger partial charge on any atom is 0.330 e. The number of allylic oxidation sites excluding steroid dienone is 3. The topological polar surface area (TPSA) is 131 Å². The molecular weight excluding hydrogens is 880 g/mol. The lowest BCUT2D eigenvalue weighted by atomic mass is 9.76. The Hall–Kier alpha value is -3.89. The molecule has 15 heteroatoms. The van der Waals surface area contributed by atoms with E-state index in [0.29, 0.717) is 48.0 Å². The number of carbonyl (C=O) groups is 1. The van der Waals surface area contributed by atoms with E-state index < -0.39 is 10.0 Å². The number of carbonyl (C=O) groups excluding carboxylic acids is 1. The Morgan fingerprint density at radius 3 is 2.00 bits per heavy atom. The van der Waals surface area contributed by atoms with Crippen molar-refractivity contribution in [2.24, 2.45) is 11.8 Å². The van der Waals surface area contributed by atoms with Crippen LogP contribution in [-0.2, 0) is 28.8 Å². The van der Waals surface area contributed by atoms with E-state index >= 15 is 0 Å². The molecule has 11 nitrogen and oxygen atoms in total. The molecule has 4 aromatic rings. The van der Waals surface area contributed by atoms with Gasteiger partial charge in [-0.3, -0.25) is 9.97 Å². The molecule has 0 bridgehead atoms. The molecule has 2 aromatic heterocycles. The number of aromatic nitrogens is 2. The van der Waals surface area contributed by atoms with Gasteiger partial charge in [0.15, 0.2) is 0 Å². The number of ether oxygens (including phenoxy) is 1. The molecule has 2 fully saturated rings. The first-order chi connectivity index (χ1) is 30.5. The third kappa shape index (κ3) is 11.5. The van der Waals surface area contributed by atoms with Crippen molar-refractivity contribution in [2.75, 3.05) is 52.8 Å². The van der Waals surface area contributed by atoms with Gasteiger partial charge in [-0.05, 0) is 156 Å². The number of piperidine rings is 2. The highest BCUT2D eigenvalue weighted by molar-refractivity contribution is 7.92. The Labute approximate surface area is 385 Å². The van der Waals surface area contributed by atoms with E-state index in [2.05, 4.69) is 40.7 Å². The third-order valence-electron chi connectivity index (χ3n) is 12.2. The highest BCUT2D eigenvalue weighted by atomic mass is 35.5. The third-order valence-corrected chi connectivity index (χ3v) is 14.8. The van der Waals surface area contributed by atoms with Gasteiger partial charge < -0.3 is 9.84 Å². The van der Waals surface area contributed by atoms with Gasteiger partial charge >= 0.3 is 5.97 Å². The number of aliphatic hydroxyl groups is 1.